The molecule has 0 rings (SSSR count). The first kappa shape index (κ1) is 9.84. The summed E-state index contributed by atoms with van der Waals surface area (Å²) >= 11 is 2.98. The second-order valence-electron chi connectivity index (χ2n) is 2.13. The minimum Gasteiger partial charge on any atom is -0.323 e. The molecule has 0 radical (unpaired) electrons. The molecule has 60 valence electrons. The summed E-state index contributed by atoms with van der Waals surface area (Å²) < 4.78 is -1.10. The Hall–Kier alpha value is -0.160. The highest BCUT2D eigenvalue weighted by Gasteiger charge is 2.36. The molecule has 0 saturated heterocycles. The summed E-state index contributed by atoms with van der Waals surface area (Å²) in [5, 5.41) is 10.3. The second kappa shape index (κ2) is 3.88. The van der Waals surface area contributed by atoms with E-state index in [0.29, 0.717) is 6.42 Å². The molecule has 0 saturated carbocycles. The third-order valence-corrected chi connectivity index (χ3v) is 2.28. The van der Waals surface area contributed by atoms with Crippen molar-refractivity contribution in [3.8, 4) is 0 Å². The first-order valence-corrected chi connectivity index (χ1v) is 3.89. The molecule has 0 heterocycles. The predicted molar refractivity (Wildman–Crippen MR) is 42.6 cm³/mol. The highest BCUT2D eigenvalue weighted by Crippen LogP contribution is 2.22. The smallest absolute Gasteiger partial charge is 0.286 e. The molecule has 0 spiro atoms. The first-order chi connectivity index (χ1) is 4.56. The maximum absolute atomic E-state index is 10.3. The third-order valence-electron chi connectivity index (χ3n) is 1.27. The lowest BCUT2D eigenvalue weighted by molar-refractivity contribution is -0.533. The Morgan fingerprint density at radius 1 is 1.80 bits per heavy atom. The van der Waals surface area contributed by atoms with Crippen LogP contribution in [-0.2, 0) is 0 Å². The van der Waals surface area contributed by atoms with Crippen molar-refractivity contribution >= 4 is 15.9 Å². The van der Waals surface area contributed by atoms with Crippen LogP contribution >= 0.6 is 15.9 Å². The highest BCUT2D eigenvalue weighted by molar-refractivity contribution is 9.10. The molecule has 1 unspecified atom stereocenters. The van der Waals surface area contributed by atoms with Gasteiger partial charge in [0.15, 0.2) is 0 Å². The maximum Gasteiger partial charge on any atom is 0.286 e. The van der Waals surface area contributed by atoms with E-state index < -0.39 is 4.45 Å². The summed E-state index contributed by atoms with van der Waals surface area (Å²) in [6, 6.07) is 0. The number of alkyl halides is 1. The molecule has 0 amide bonds. The molecule has 2 N–H and O–H groups in total. The number of hydrogen-bond acceptors (Lipinski definition) is 3. The van der Waals surface area contributed by atoms with Gasteiger partial charge in [-0.2, -0.15) is 0 Å². The van der Waals surface area contributed by atoms with E-state index in [2.05, 4.69) is 15.9 Å². The van der Waals surface area contributed by atoms with Gasteiger partial charge in [0.1, 0.15) is 0 Å². The molecule has 0 aliphatic carbocycles. The molecule has 0 aliphatic heterocycles. The zero-order chi connectivity index (χ0) is 8.20. The topological polar surface area (TPSA) is 69.2 Å². The number of nitrogens with zero attached hydrogens (tertiary/aromatic N) is 1. The molecule has 0 bridgehead atoms. The molecule has 4 nitrogen and oxygen atoms in total. The Morgan fingerprint density at radius 3 is 2.40 bits per heavy atom. The summed E-state index contributed by atoms with van der Waals surface area (Å²) in [5.74, 6) is 0. The van der Waals surface area contributed by atoms with Crippen molar-refractivity contribution in [2.45, 2.75) is 24.2 Å². The molecule has 0 aromatic rings. The number of nitrogens with two attached hydrogens (primary N) is 1. The van der Waals surface area contributed by atoms with E-state index in [1.54, 1.807) is 0 Å². The minimum atomic E-state index is -1.10. The van der Waals surface area contributed by atoms with E-state index in [0.717, 1.165) is 6.42 Å². The number of nitro groups is 1. The maximum atomic E-state index is 10.3. The van der Waals surface area contributed by atoms with Crippen LogP contribution in [0, 0.1) is 10.1 Å². The van der Waals surface area contributed by atoms with Gasteiger partial charge in [0.2, 0.25) is 0 Å². The quantitative estimate of drug-likeness (QED) is 0.327. The van der Waals surface area contributed by atoms with E-state index >= 15 is 0 Å². The summed E-state index contributed by atoms with van der Waals surface area (Å²) in [5.41, 5.74) is 5.21. The Bertz CT molecular complexity index is 131. The summed E-state index contributed by atoms with van der Waals surface area (Å²) in [7, 11) is 0. The Morgan fingerprint density at radius 2 is 2.30 bits per heavy atom. The van der Waals surface area contributed by atoms with Gasteiger partial charge in [0, 0.05) is 27.3 Å². The first-order valence-electron chi connectivity index (χ1n) is 3.10. The third kappa shape index (κ3) is 2.22. The van der Waals surface area contributed by atoms with Gasteiger partial charge < -0.3 is 5.73 Å². The number of rotatable bonds is 4. The van der Waals surface area contributed by atoms with Crippen LogP contribution < -0.4 is 5.73 Å². The zero-order valence-electron chi connectivity index (χ0n) is 5.84. The SMILES string of the molecule is CCCC(Br)(CN)[N+](=O)[O-]. The van der Waals surface area contributed by atoms with E-state index in [9.17, 15) is 10.1 Å². The second-order valence-corrected chi connectivity index (χ2v) is 3.61. The average Bonchev–Trinajstić information content (AvgIpc) is 1.88. The van der Waals surface area contributed by atoms with Crippen molar-refractivity contribution in [1.29, 1.82) is 0 Å². The molecule has 0 fully saturated rings. The van der Waals surface area contributed by atoms with Crippen molar-refractivity contribution in [2.75, 3.05) is 6.54 Å². The molecular formula is C5H11BrN2O2. The van der Waals surface area contributed by atoms with Crippen LogP contribution in [0.15, 0.2) is 0 Å². The van der Waals surface area contributed by atoms with E-state index in [-0.39, 0.29) is 11.5 Å². The Labute approximate surface area is 68.1 Å². The van der Waals surface area contributed by atoms with Crippen LogP contribution in [0.25, 0.3) is 0 Å². The van der Waals surface area contributed by atoms with Crippen molar-refractivity contribution in [2.24, 2.45) is 5.73 Å². The van der Waals surface area contributed by atoms with E-state index in [4.69, 9.17) is 5.73 Å². The lowest BCUT2D eigenvalue weighted by Crippen LogP contribution is -2.39. The van der Waals surface area contributed by atoms with E-state index in [1.165, 1.54) is 0 Å². The molecule has 1 atom stereocenters. The van der Waals surface area contributed by atoms with Gasteiger partial charge in [-0.25, -0.2) is 0 Å². The molecule has 0 aliphatic rings. The van der Waals surface area contributed by atoms with Crippen LogP contribution in [0.5, 0.6) is 0 Å². The van der Waals surface area contributed by atoms with Crippen LogP contribution in [0.2, 0.25) is 0 Å². The lowest BCUT2D eigenvalue weighted by atomic mass is 10.2. The fraction of sp³-hybridized carbons (Fsp3) is 1.00. The van der Waals surface area contributed by atoms with Crippen LogP contribution in [0.4, 0.5) is 0 Å². The minimum absolute atomic E-state index is 0.0356. The Balaban J connectivity index is 4.08. The van der Waals surface area contributed by atoms with Gasteiger partial charge in [0.05, 0.1) is 6.54 Å². The molecule has 10 heavy (non-hydrogen) atoms. The largest absolute Gasteiger partial charge is 0.323 e. The standard InChI is InChI=1S/C5H11BrN2O2/c1-2-3-5(6,4-7)8(9)10/h2-4,7H2,1H3. The highest BCUT2D eigenvalue weighted by atomic mass is 79.9. The van der Waals surface area contributed by atoms with Gasteiger partial charge >= 0.3 is 0 Å². The van der Waals surface area contributed by atoms with Gasteiger partial charge in [-0.05, 0) is 6.42 Å². The fourth-order valence-corrected chi connectivity index (χ4v) is 1.05. The monoisotopic (exact) mass is 210 g/mol. The predicted octanol–water partition coefficient (Wildman–Crippen LogP) is 1.11. The summed E-state index contributed by atoms with van der Waals surface area (Å²) in [6.07, 6.45) is 1.22. The van der Waals surface area contributed by atoms with Crippen molar-refractivity contribution in [3.05, 3.63) is 10.1 Å². The van der Waals surface area contributed by atoms with Crippen LogP contribution in [0.3, 0.4) is 0 Å². The average molecular weight is 211 g/mol. The summed E-state index contributed by atoms with van der Waals surface area (Å²) in [6.45, 7) is 1.92. The van der Waals surface area contributed by atoms with Crippen molar-refractivity contribution in [1.82, 2.24) is 0 Å². The zero-order valence-corrected chi connectivity index (χ0v) is 7.43. The normalized spacial score (nSPS) is 16.3. The lowest BCUT2D eigenvalue weighted by Gasteiger charge is -2.14. The van der Waals surface area contributed by atoms with Gasteiger partial charge in [-0.1, -0.05) is 6.92 Å². The van der Waals surface area contributed by atoms with Gasteiger partial charge in [-0.3, -0.25) is 10.1 Å². The Kier molecular flexibility index (Phi) is 3.81. The van der Waals surface area contributed by atoms with Gasteiger partial charge in [0.25, 0.3) is 4.45 Å². The van der Waals surface area contributed by atoms with Crippen LogP contribution in [-0.4, -0.2) is 15.9 Å². The fourth-order valence-electron chi connectivity index (χ4n) is 0.651. The molecule has 5 heteroatoms. The number of halogens is 1. The van der Waals surface area contributed by atoms with Gasteiger partial charge in [-0.15, -0.1) is 0 Å². The molecular weight excluding hydrogens is 200 g/mol. The van der Waals surface area contributed by atoms with Crippen molar-refractivity contribution in [3.63, 3.8) is 0 Å². The van der Waals surface area contributed by atoms with E-state index in [1.807, 2.05) is 6.92 Å². The number of hydrogen-bond donors (Lipinski definition) is 1. The molecule has 0 aromatic heterocycles. The van der Waals surface area contributed by atoms with Crippen molar-refractivity contribution < 1.29 is 4.92 Å². The molecule has 0 aromatic carbocycles. The van der Waals surface area contributed by atoms with Crippen LogP contribution in [0.1, 0.15) is 19.8 Å². The summed E-state index contributed by atoms with van der Waals surface area (Å²) in [4.78, 5) is 9.94.